The first-order valence-electron chi connectivity index (χ1n) is 7.08. The molecule has 0 atom stereocenters. The summed E-state index contributed by atoms with van der Waals surface area (Å²) in [5, 5.41) is 15.2. The van der Waals surface area contributed by atoms with Crippen LogP contribution in [0.2, 0.25) is 0 Å². The Labute approximate surface area is 161 Å². The SMILES string of the molecule is O=C(NC(=S)Nc1ccc(I)cc1C(=O)O)c1cc2ccccc2o1. The van der Waals surface area contributed by atoms with Gasteiger partial charge in [0, 0.05) is 8.96 Å². The zero-order chi connectivity index (χ0) is 18.0. The largest absolute Gasteiger partial charge is 0.478 e. The Kier molecular flexibility index (Phi) is 5.00. The molecular weight excluding hydrogens is 455 g/mol. The summed E-state index contributed by atoms with van der Waals surface area (Å²) in [6.07, 6.45) is 0. The molecule has 0 saturated carbocycles. The minimum atomic E-state index is -1.09. The Morgan fingerprint density at radius 1 is 1.12 bits per heavy atom. The van der Waals surface area contributed by atoms with E-state index in [-0.39, 0.29) is 16.4 Å². The summed E-state index contributed by atoms with van der Waals surface area (Å²) in [6.45, 7) is 0. The van der Waals surface area contributed by atoms with Gasteiger partial charge < -0.3 is 14.8 Å². The number of halogens is 1. The van der Waals surface area contributed by atoms with Gasteiger partial charge in [-0.05, 0) is 65.1 Å². The molecule has 0 radical (unpaired) electrons. The van der Waals surface area contributed by atoms with Gasteiger partial charge in [0.25, 0.3) is 5.91 Å². The van der Waals surface area contributed by atoms with Crippen molar-refractivity contribution in [2.45, 2.75) is 0 Å². The van der Waals surface area contributed by atoms with E-state index in [1.807, 2.05) is 40.8 Å². The highest BCUT2D eigenvalue weighted by atomic mass is 127. The van der Waals surface area contributed by atoms with Crippen LogP contribution >= 0.6 is 34.8 Å². The van der Waals surface area contributed by atoms with E-state index in [0.29, 0.717) is 11.3 Å². The molecule has 1 aromatic heterocycles. The molecule has 1 amide bonds. The number of rotatable bonds is 3. The van der Waals surface area contributed by atoms with E-state index < -0.39 is 11.9 Å². The molecule has 0 unspecified atom stereocenters. The molecule has 3 aromatic rings. The van der Waals surface area contributed by atoms with Crippen LogP contribution < -0.4 is 10.6 Å². The second kappa shape index (κ2) is 7.19. The van der Waals surface area contributed by atoms with Gasteiger partial charge in [-0.15, -0.1) is 0 Å². The minimum absolute atomic E-state index is 0.0193. The molecule has 0 aliphatic carbocycles. The monoisotopic (exact) mass is 466 g/mol. The van der Waals surface area contributed by atoms with Gasteiger partial charge >= 0.3 is 5.97 Å². The van der Waals surface area contributed by atoms with Crippen LogP contribution in [0.1, 0.15) is 20.9 Å². The first-order chi connectivity index (χ1) is 11.9. The van der Waals surface area contributed by atoms with Gasteiger partial charge in [-0.2, -0.15) is 0 Å². The van der Waals surface area contributed by atoms with Crippen molar-refractivity contribution >= 4 is 68.5 Å². The van der Waals surface area contributed by atoms with Crippen molar-refractivity contribution < 1.29 is 19.1 Å². The third-order valence-electron chi connectivity index (χ3n) is 3.34. The number of fused-ring (bicyclic) bond motifs is 1. The number of furan rings is 1. The molecule has 0 spiro atoms. The molecule has 126 valence electrons. The van der Waals surface area contributed by atoms with Crippen molar-refractivity contribution in [2.24, 2.45) is 0 Å². The van der Waals surface area contributed by atoms with E-state index in [1.54, 1.807) is 24.3 Å². The van der Waals surface area contributed by atoms with Crippen molar-refractivity contribution in [2.75, 3.05) is 5.32 Å². The summed E-state index contributed by atoms with van der Waals surface area (Å²) >= 11 is 7.11. The van der Waals surface area contributed by atoms with Crippen LogP contribution in [-0.2, 0) is 0 Å². The fourth-order valence-electron chi connectivity index (χ4n) is 2.21. The number of carbonyl (C=O) groups is 2. The highest BCUT2D eigenvalue weighted by Crippen LogP contribution is 2.20. The second-order valence-electron chi connectivity index (χ2n) is 5.05. The number of nitrogens with one attached hydrogen (secondary N) is 2. The third kappa shape index (κ3) is 3.97. The molecule has 1 heterocycles. The maximum absolute atomic E-state index is 12.2. The van der Waals surface area contributed by atoms with E-state index in [9.17, 15) is 14.7 Å². The molecule has 3 N–H and O–H groups in total. The second-order valence-corrected chi connectivity index (χ2v) is 6.71. The number of hydrogen-bond acceptors (Lipinski definition) is 4. The average molecular weight is 466 g/mol. The van der Waals surface area contributed by atoms with E-state index in [0.717, 1.165) is 8.96 Å². The van der Waals surface area contributed by atoms with Crippen molar-refractivity contribution in [3.63, 3.8) is 0 Å². The highest BCUT2D eigenvalue weighted by molar-refractivity contribution is 14.1. The lowest BCUT2D eigenvalue weighted by Crippen LogP contribution is -2.34. The molecule has 0 aliphatic heterocycles. The molecule has 0 aliphatic rings. The molecular formula is C17H11IN2O4S. The lowest BCUT2D eigenvalue weighted by Gasteiger charge is -2.11. The predicted octanol–water partition coefficient (Wildman–Crippen LogP) is 3.86. The number of aromatic carboxylic acids is 1. The van der Waals surface area contributed by atoms with Gasteiger partial charge in [0.2, 0.25) is 0 Å². The summed E-state index contributed by atoms with van der Waals surface area (Å²) in [7, 11) is 0. The predicted molar refractivity (Wildman–Crippen MR) is 106 cm³/mol. The Hall–Kier alpha value is -2.46. The van der Waals surface area contributed by atoms with E-state index in [2.05, 4.69) is 10.6 Å². The van der Waals surface area contributed by atoms with Crippen LogP contribution in [0.3, 0.4) is 0 Å². The van der Waals surface area contributed by atoms with Gasteiger partial charge in [0.05, 0.1) is 11.3 Å². The zero-order valence-electron chi connectivity index (χ0n) is 12.6. The average Bonchev–Trinajstić information content (AvgIpc) is 3.00. The Balaban J connectivity index is 1.74. The number of amides is 1. The molecule has 0 saturated heterocycles. The van der Waals surface area contributed by atoms with Gasteiger partial charge in [-0.25, -0.2) is 4.79 Å². The molecule has 0 fully saturated rings. The minimum Gasteiger partial charge on any atom is -0.478 e. The van der Waals surface area contributed by atoms with Gasteiger partial charge in [-0.3, -0.25) is 10.1 Å². The van der Waals surface area contributed by atoms with E-state index in [4.69, 9.17) is 16.6 Å². The van der Waals surface area contributed by atoms with Crippen LogP contribution in [0.5, 0.6) is 0 Å². The van der Waals surface area contributed by atoms with Crippen molar-refractivity contribution in [1.29, 1.82) is 0 Å². The summed E-state index contributed by atoms with van der Waals surface area (Å²) in [6, 6.07) is 13.7. The summed E-state index contributed by atoms with van der Waals surface area (Å²) in [5.41, 5.74) is 0.951. The normalized spacial score (nSPS) is 10.4. The standard InChI is InChI=1S/C17H11IN2O4S/c18-10-5-6-12(11(8-10)16(22)23)19-17(25)20-15(21)14-7-9-3-1-2-4-13(9)24-14/h1-8H,(H,22,23)(H2,19,20,21,25). The smallest absolute Gasteiger partial charge is 0.337 e. The van der Waals surface area contributed by atoms with E-state index in [1.165, 1.54) is 6.07 Å². The Morgan fingerprint density at radius 2 is 1.88 bits per heavy atom. The van der Waals surface area contributed by atoms with Gasteiger partial charge in [-0.1, -0.05) is 18.2 Å². The molecule has 0 bridgehead atoms. The lowest BCUT2D eigenvalue weighted by molar-refractivity contribution is 0.0697. The molecule has 25 heavy (non-hydrogen) atoms. The van der Waals surface area contributed by atoms with Crippen LogP contribution in [-0.4, -0.2) is 22.1 Å². The number of carbonyl (C=O) groups excluding carboxylic acids is 1. The lowest BCUT2D eigenvalue weighted by atomic mass is 10.2. The maximum atomic E-state index is 12.2. The first-order valence-corrected chi connectivity index (χ1v) is 8.56. The van der Waals surface area contributed by atoms with Gasteiger partial charge in [0.1, 0.15) is 5.58 Å². The Bertz CT molecular complexity index is 966. The van der Waals surface area contributed by atoms with Crippen molar-refractivity contribution in [3.8, 4) is 0 Å². The molecule has 2 aromatic carbocycles. The first kappa shape index (κ1) is 17.4. The topological polar surface area (TPSA) is 91.6 Å². The molecule has 8 heteroatoms. The fourth-order valence-corrected chi connectivity index (χ4v) is 2.91. The number of hydrogen-bond donors (Lipinski definition) is 3. The number of para-hydroxylation sites is 1. The number of carboxylic acids is 1. The van der Waals surface area contributed by atoms with Crippen molar-refractivity contribution in [3.05, 3.63) is 63.4 Å². The Morgan fingerprint density at radius 3 is 2.60 bits per heavy atom. The summed E-state index contributed by atoms with van der Waals surface area (Å²) in [5.74, 6) is -1.49. The summed E-state index contributed by atoms with van der Waals surface area (Å²) < 4.78 is 6.24. The van der Waals surface area contributed by atoms with Crippen LogP contribution in [0.25, 0.3) is 11.0 Å². The van der Waals surface area contributed by atoms with Crippen molar-refractivity contribution in [1.82, 2.24) is 5.32 Å². The van der Waals surface area contributed by atoms with Crippen LogP contribution in [0.4, 0.5) is 5.69 Å². The maximum Gasteiger partial charge on any atom is 0.337 e. The molecule has 3 rings (SSSR count). The number of anilines is 1. The highest BCUT2D eigenvalue weighted by Gasteiger charge is 2.16. The van der Waals surface area contributed by atoms with Crippen LogP contribution in [0, 0.1) is 3.57 Å². The fraction of sp³-hybridized carbons (Fsp3) is 0. The number of benzene rings is 2. The quantitative estimate of drug-likeness (QED) is 0.401. The molecule has 6 nitrogen and oxygen atoms in total. The van der Waals surface area contributed by atoms with Crippen LogP contribution in [0.15, 0.2) is 52.9 Å². The summed E-state index contributed by atoms with van der Waals surface area (Å²) in [4.78, 5) is 23.5. The zero-order valence-corrected chi connectivity index (χ0v) is 15.6. The number of carboxylic acid groups (broad SMARTS) is 1. The number of thiocarbonyl (C=S) groups is 1. The van der Waals surface area contributed by atoms with E-state index >= 15 is 0 Å². The third-order valence-corrected chi connectivity index (χ3v) is 4.21. The van der Waals surface area contributed by atoms with Gasteiger partial charge in [0.15, 0.2) is 10.9 Å².